The second-order valence-corrected chi connectivity index (χ2v) is 6.74. The van der Waals surface area contributed by atoms with Gasteiger partial charge in [-0.2, -0.15) is 0 Å². The van der Waals surface area contributed by atoms with Gasteiger partial charge in [-0.05, 0) is 31.2 Å². The molecule has 1 N–H and O–H groups in total. The highest BCUT2D eigenvalue weighted by atomic mass is 35.5. The number of aromatic nitrogens is 4. The van der Waals surface area contributed by atoms with Crippen LogP contribution in [0, 0.1) is 13.8 Å². The van der Waals surface area contributed by atoms with Crippen LogP contribution >= 0.6 is 11.6 Å². The van der Waals surface area contributed by atoms with Crippen LogP contribution in [0.1, 0.15) is 22.1 Å². The predicted octanol–water partition coefficient (Wildman–Crippen LogP) is 4.72. The Morgan fingerprint density at radius 1 is 1.03 bits per heavy atom. The minimum atomic E-state index is -0.458. The molecular weight excluding hydrogens is 390 g/mol. The summed E-state index contributed by atoms with van der Waals surface area (Å²) in [5.74, 6) is 0.793. The summed E-state index contributed by atoms with van der Waals surface area (Å²) in [4.78, 5) is 30.3. The van der Waals surface area contributed by atoms with Gasteiger partial charge in [0.25, 0.3) is 5.91 Å². The van der Waals surface area contributed by atoms with Crippen molar-refractivity contribution in [2.75, 3.05) is 5.32 Å². The third-order valence-electron chi connectivity index (χ3n) is 4.05. The fraction of sp³-hybridized carbons (Fsp3) is 0.0952. The van der Waals surface area contributed by atoms with E-state index in [0.717, 1.165) is 5.56 Å². The third kappa shape index (κ3) is 4.14. The maximum atomic E-state index is 12.9. The first-order valence-electron chi connectivity index (χ1n) is 8.81. The molecule has 0 aliphatic rings. The molecule has 4 aromatic rings. The van der Waals surface area contributed by atoms with Crippen molar-refractivity contribution in [2.45, 2.75) is 13.8 Å². The fourth-order valence-electron chi connectivity index (χ4n) is 2.80. The maximum absolute atomic E-state index is 12.9. The molecule has 144 valence electrons. The van der Waals surface area contributed by atoms with Crippen LogP contribution in [-0.4, -0.2) is 25.8 Å². The number of hydrogen-bond acceptors (Lipinski definition) is 6. The summed E-state index contributed by atoms with van der Waals surface area (Å²) in [6.45, 7) is 3.51. The van der Waals surface area contributed by atoms with Crippen LogP contribution in [0.15, 0.2) is 59.1 Å². The summed E-state index contributed by atoms with van der Waals surface area (Å²) >= 11 is 5.95. The van der Waals surface area contributed by atoms with Crippen molar-refractivity contribution in [1.82, 2.24) is 19.9 Å². The first-order chi connectivity index (χ1) is 14.0. The molecular formula is C21H16ClN5O2. The molecule has 0 aliphatic heterocycles. The molecule has 8 heteroatoms. The predicted molar refractivity (Wildman–Crippen MR) is 110 cm³/mol. The van der Waals surface area contributed by atoms with E-state index in [-0.39, 0.29) is 5.76 Å². The molecule has 0 atom stereocenters. The molecule has 29 heavy (non-hydrogen) atoms. The van der Waals surface area contributed by atoms with E-state index in [1.54, 1.807) is 49.5 Å². The highest BCUT2D eigenvalue weighted by Crippen LogP contribution is 2.26. The van der Waals surface area contributed by atoms with Crippen LogP contribution in [0.5, 0.6) is 0 Å². The molecule has 1 aromatic carbocycles. The summed E-state index contributed by atoms with van der Waals surface area (Å²) in [5.41, 5.74) is 2.48. The molecule has 4 rings (SSSR count). The van der Waals surface area contributed by atoms with Gasteiger partial charge in [0.1, 0.15) is 17.2 Å². The van der Waals surface area contributed by atoms with E-state index >= 15 is 0 Å². The lowest BCUT2D eigenvalue weighted by Crippen LogP contribution is -2.14. The number of oxazole rings is 1. The average Bonchev–Trinajstić information content (AvgIpc) is 3.11. The summed E-state index contributed by atoms with van der Waals surface area (Å²) in [6.07, 6.45) is 1.66. The van der Waals surface area contributed by atoms with Crippen LogP contribution in [-0.2, 0) is 0 Å². The summed E-state index contributed by atoms with van der Waals surface area (Å²) in [5, 5.41) is 3.36. The van der Waals surface area contributed by atoms with Gasteiger partial charge in [0.2, 0.25) is 5.76 Å². The van der Waals surface area contributed by atoms with Crippen molar-refractivity contribution in [3.63, 3.8) is 0 Å². The molecule has 3 heterocycles. The molecule has 0 fully saturated rings. The number of carbonyl (C=O) groups is 1. The van der Waals surface area contributed by atoms with Crippen LogP contribution in [0.4, 0.5) is 5.82 Å². The lowest BCUT2D eigenvalue weighted by Gasteiger charge is -2.07. The summed E-state index contributed by atoms with van der Waals surface area (Å²) in [7, 11) is 0. The smallest absolute Gasteiger partial charge is 0.294 e. The third-order valence-corrected chi connectivity index (χ3v) is 4.30. The van der Waals surface area contributed by atoms with Gasteiger partial charge in [-0.15, -0.1) is 0 Å². The standard InChI is InChI=1S/C21H16ClN5O2/c1-12-11-17(26-20(24-12)16-5-3-4-10-23-16)27-21(28)19-18(25-13(2)29-19)14-6-8-15(22)9-7-14/h3-11H,1-2H3,(H,24,26,27,28). The molecule has 1 amide bonds. The molecule has 3 aromatic heterocycles. The number of pyridine rings is 1. The normalized spacial score (nSPS) is 10.7. The molecule has 0 radical (unpaired) electrons. The Balaban J connectivity index is 1.66. The number of nitrogens with one attached hydrogen (secondary N) is 1. The van der Waals surface area contributed by atoms with E-state index in [1.807, 2.05) is 19.1 Å². The lowest BCUT2D eigenvalue weighted by molar-refractivity contribution is 0.0996. The van der Waals surface area contributed by atoms with Crippen LogP contribution in [0.25, 0.3) is 22.8 Å². The van der Waals surface area contributed by atoms with Crippen LogP contribution in [0.2, 0.25) is 5.02 Å². The van der Waals surface area contributed by atoms with Gasteiger partial charge in [-0.3, -0.25) is 9.78 Å². The largest absolute Gasteiger partial charge is 0.435 e. The van der Waals surface area contributed by atoms with Crippen LogP contribution < -0.4 is 5.32 Å². The van der Waals surface area contributed by atoms with E-state index in [0.29, 0.717) is 39.6 Å². The Labute approximate surface area is 171 Å². The van der Waals surface area contributed by atoms with Crippen molar-refractivity contribution in [1.29, 1.82) is 0 Å². The van der Waals surface area contributed by atoms with Gasteiger partial charge in [-0.25, -0.2) is 15.0 Å². The van der Waals surface area contributed by atoms with Crippen molar-refractivity contribution >= 4 is 23.3 Å². The molecule has 0 saturated heterocycles. The number of benzene rings is 1. The van der Waals surface area contributed by atoms with Gasteiger partial charge in [-0.1, -0.05) is 29.8 Å². The Morgan fingerprint density at radius 2 is 1.83 bits per heavy atom. The fourth-order valence-corrected chi connectivity index (χ4v) is 2.93. The van der Waals surface area contributed by atoms with Gasteiger partial charge in [0.05, 0.1) is 0 Å². The molecule has 0 saturated carbocycles. The number of amides is 1. The zero-order valence-corrected chi connectivity index (χ0v) is 16.4. The zero-order chi connectivity index (χ0) is 20.4. The monoisotopic (exact) mass is 405 g/mol. The van der Waals surface area contributed by atoms with Gasteiger partial charge >= 0.3 is 0 Å². The molecule has 0 bridgehead atoms. The molecule has 7 nitrogen and oxygen atoms in total. The van der Waals surface area contributed by atoms with E-state index in [9.17, 15) is 4.79 Å². The maximum Gasteiger partial charge on any atom is 0.294 e. The van der Waals surface area contributed by atoms with Crippen molar-refractivity contribution in [2.24, 2.45) is 0 Å². The SMILES string of the molecule is Cc1cc(NC(=O)c2oc(C)nc2-c2ccc(Cl)cc2)nc(-c2ccccn2)n1. The zero-order valence-electron chi connectivity index (χ0n) is 15.7. The second kappa shape index (κ2) is 7.81. The Morgan fingerprint density at radius 3 is 2.55 bits per heavy atom. The van der Waals surface area contributed by atoms with E-state index in [2.05, 4.69) is 25.3 Å². The first-order valence-corrected chi connectivity index (χ1v) is 9.19. The van der Waals surface area contributed by atoms with Gasteiger partial charge < -0.3 is 9.73 Å². The highest BCUT2D eigenvalue weighted by molar-refractivity contribution is 6.30. The van der Waals surface area contributed by atoms with E-state index in [1.165, 1.54) is 0 Å². The van der Waals surface area contributed by atoms with Gasteiger partial charge in [0, 0.05) is 35.5 Å². The molecule has 0 spiro atoms. The minimum Gasteiger partial charge on any atom is -0.435 e. The number of carbonyl (C=O) groups excluding carboxylic acids is 1. The van der Waals surface area contributed by atoms with E-state index < -0.39 is 5.91 Å². The number of aryl methyl sites for hydroxylation is 2. The number of nitrogens with zero attached hydrogens (tertiary/aromatic N) is 4. The number of anilines is 1. The number of rotatable bonds is 4. The van der Waals surface area contributed by atoms with Crippen molar-refractivity contribution in [3.05, 3.63) is 77.1 Å². The van der Waals surface area contributed by atoms with Crippen molar-refractivity contribution in [3.8, 4) is 22.8 Å². The molecule has 0 unspecified atom stereocenters. The lowest BCUT2D eigenvalue weighted by atomic mass is 10.1. The van der Waals surface area contributed by atoms with Crippen molar-refractivity contribution < 1.29 is 9.21 Å². The summed E-state index contributed by atoms with van der Waals surface area (Å²) < 4.78 is 5.57. The molecule has 0 aliphatic carbocycles. The summed E-state index contributed by atoms with van der Waals surface area (Å²) in [6, 6.07) is 14.2. The minimum absolute atomic E-state index is 0.0977. The van der Waals surface area contributed by atoms with Crippen LogP contribution in [0.3, 0.4) is 0 Å². The second-order valence-electron chi connectivity index (χ2n) is 6.30. The topological polar surface area (TPSA) is 93.8 Å². The first kappa shape index (κ1) is 18.8. The average molecular weight is 406 g/mol. The van der Waals surface area contributed by atoms with Gasteiger partial charge in [0.15, 0.2) is 11.7 Å². The number of halogens is 1. The Kier molecular flexibility index (Phi) is 5.05. The number of hydrogen-bond donors (Lipinski definition) is 1. The Hall–Kier alpha value is -3.58. The quantitative estimate of drug-likeness (QED) is 0.528. The Bertz CT molecular complexity index is 1170. The highest BCUT2D eigenvalue weighted by Gasteiger charge is 2.21. The van der Waals surface area contributed by atoms with E-state index in [4.69, 9.17) is 16.0 Å².